The van der Waals surface area contributed by atoms with E-state index in [0.29, 0.717) is 5.69 Å². The number of hydrogen-bond donors (Lipinski definition) is 0. The normalized spacial score (nSPS) is 13.8. The molecular weight excluding hydrogens is 270 g/mol. The first-order valence-corrected chi connectivity index (χ1v) is 7.54. The number of rotatable bonds is 3. The highest BCUT2D eigenvalue weighted by atomic mass is 32.2. The van der Waals surface area contributed by atoms with E-state index >= 15 is 0 Å². The van der Waals surface area contributed by atoms with E-state index in [1.807, 2.05) is 64.2 Å². The second-order valence-electron chi connectivity index (χ2n) is 5.54. The van der Waals surface area contributed by atoms with Crippen LogP contribution in [0, 0.1) is 0 Å². The van der Waals surface area contributed by atoms with Crippen LogP contribution in [0.2, 0.25) is 0 Å². The maximum atomic E-state index is 11.9. The van der Waals surface area contributed by atoms with Gasteiger partial charge >= 0.3 is 0 Å². The van der Waals surface area contributed by atoms with E-state index in [4.69, 9.17) is 0 Å². The van der Waals surface area contributed by atoms with Crippen LogP contribution in [0.1, 0.15) is 26.5 Å². The molecule has 1 aromatic carbocycles. The zero-order valence-corrected chi connectivity index (χ0v) is 13.0. The maximum Gasteiger partial charge on any atom is 0.144 e. The minimum atomic E-state index is -1.26. The van der Waals surface area contributed by atoms with Gasteiger partial charge in [-0.2, -0.15) is 5.10 Å². The predicted molar refractivity (Wildman–Crippen MR) is 84.1 cm³/mol. The molecule has 2 rings (SSSR count). The highest BCUT2D eigenvalue weighted by molar-refractivity contribution is 7.91. The van der Waals surface area contributed by atoms with Crippen LogP contribution in [0.25, 0.3) is 11.3 Å². The molecule has 0 aliphatic carbocycles. The van der Waals surface area contributed by atoms with Crippen molar-refractivity contribution in [2.45, 2.75) is 25.5 Å². The van der Waals surface area contributed by atoms with E-state index in [2.05, 4.69) is 9.50 Å². The third-order valence-corrected chi connectivity index (χ3v) is 4.12. The number of aryl methyl sites for hydroxylation is 1. The summed E-state index contributed by atoms with van der Waals surface area (Å²) in [5.74, 6) is 0. The zero-order valence-electron chi connectivity index (χ0n) is 12.2. The summed E-state index contributed by atoms with van der Waals surface area (Å²) in [5, 5.41) is 4.37. The minimum absolute atomic E-state index is 0.354. The Balaban J connectivity index is 2.23. The van der Waals surface area contributed by atoms with Gasteiger partial charge < -0.3 is 4.55 Å². The predicted octanol–water partition coefficient (Wildman–Crippen LogP) is 2.97. The SMILES string of the molecule is Cn1nc(/C=N/[S@@+]([O-])C(C)(C)C)cc1-c1ccccc1. The van der Waals surface area contributed by atoms with Gasteiger partial charge in [0.15, 0.2) is 0 Å². The molecule has 0 aliphatic rings. The molecule has 1 atom stereocenters. The summed E-state index contributed by atoms with van der Waals surface area (Å²) in [6.07, 6.45) is 1.58. The van der Waals surface area contributed by atoms with E-state index in [1.54, 1.807) is 10.9 Å². The Labute approximate surface area is 122 Å². The quantitative estimate of drug-likeness (QED) is 0.644. The van der Waals surface area contributed by atoms with Crippen molar-refractivity contribution in [2.75, 3.05) is 0 Å². The second-order valence-corrected chi connectivity index (χ2v) is 7.47. The van der Waals surface area contributed by atoms with Gasteiger partial charge in [-0.25, -0.2) is 0 Å². The number of aromatic nitrogens is 2. The number of nitrogens with zero attached hydrogens (tertiary/aromatic N) is 3. The summed E-state index contributed by atoms with van der Waals surface area (Å²) in [5.41, 5.74) is 2.82. The molecule has 0 saturated carbocycles. The topological polar surface area (TPSA) is 53.2 Å². The van der Waals surface area contributed by atoms with E-state index < -0.39 is 11.4 Å². The van der Waals surface area contributed by atoms with E-state index in [0.717, 1.165) is 11.3 Å². The van der Waals surface area contributed by atoms with Gasteiger partial charge in [-0.15, -0.1) is 0 Å². The minimum Gasteiger partial charge on any atom is -0.591 e. The Kier molecular flexibility index (Phi) is 4.30. The Morgan fingerprint density at radius 3 is 2.50 bits per heavy atom. The van der Waals surface area contributed by atoms with E-state index in [-0.39, 0.29) is 4.75 Å². The van der Waals surface area contributed by atoms with Crippen LogP contribution in [-0.2, 0) is 18.4 Å². The van der Waals surface area contributed by atoms with Crippen LogP contribution >= 0.6 is 0 Å². The molecule has 0 radical (unpaired) electrons. The van der Waals surface area contributed by atoms with Crippen molar-refractivity contribution in [3.05, 3.63) is 42.1 Å². The molecule has 2 aromatic rings. The fraction of sp³-hybridized carbons (Fsp3) is 0.333. The van der Waals surface area contributed by atoms with Gasteiger partial charge in [0, 0.05) is 7.05 Å². The van der Waals surface area contributed by atoms with E-state index in [9.17, 15) is 4.55 Å². The molecule has 0 N–H and O–H groups in total. The molecule has 0 aliphatic heterocycles. The van der Waals surface area contributed by atoms with Gasteiger partial charge in [-0.3, -0.25) is 4.68 Å². The molecule has 1 heterocycles. The van der Waals surface area contributed by atoms with Crippen molar-refractivity contribution in [1.29, 1.82) is 0 Å². The summed E-state index contributed by atoms with van der Waals surface area (Å²) in [6, 6.07) is 12.0. The highest BCUT2D eigenvalue weighted by Gasteiger charge is 2.25. The smallest absolute Gasteiger partial charge is 0.144 e. The number of hydrogen-bond acceptors (Lipinski definition) is 3. The highest BCUT2D eigenvalue weighted by Crippen LogP contribution is 2.20. The van der Waals surface area contributed by atoms with Gasteiger partial charge in [0.25, 0.3) is 0 Å². The standard InChI is InChI=1S/C15H19N3OS/c1-15(2,3)20(19)16-11-13-10-14(18(4)17-13)12-8-6-5-7-9-12/h5-11H,1-4H3/b16-11+/t20-/m0/s1. The van der Waals surface area contributed by atoms with Crippen LogP contribution in [0.5, 0.6) is 0 Å². The first-order valence-electron chi connectivity index (χ1n) is 6.43. The molecule has 20 heavy (non-hydrogen) atoms. The third kappa shape index (κ3) is 3.49. The fourth-order valence-electron chi connectivity index (χ4n) is 1.69. The summed E-state index contributed by atoms with van der Waals surface area (Å²) in [7, 11) is 1.89. The van der Waals surface area contributed by atoms with Gasteiger partial charge in [0.2, 0.25) is 0 Å². The average Bonchev–Trinajstić information content (AvgIpc) is 2.77. The molecule has 0 spiro atoms. The Morgan fingerprint density at radius 2 is 1.90 bits per heavy atom. The zero-order chi connectivity index (χ0) is 14.8. The third-order valence-electron chi connectivity index (χ3n) is 2.77. The lowest BCUT2D eigenvalue weighted by atomic mass is 10.1. The Bertz CT molecular complexity index is 599. The van der Waals surface area contributed by atoms with Crippen molar-refractivity contribution in [1.82, 2.24) is 9.78 Å². The van der Waals surface area contributed by atoms with E-state index in [1.165, 1.54) is 0 Å². The van der Waals surface area contributed by atoms with Crippen molar-refractivity contribution in [3.63, 3.8) is 0 Å². The summed E-state index contributed by atoms with van der Waals surface area (Å²) in [4.78, 5) is 0. The van der Waals surface area contributed by atoms with Crippen LogP contribution in [0.3, 0.4) is 0 Å². The summed E-state index contributed by atoms with van der Waals surface area (Å²) in [6.45, 7) is 5.69. The molecule has 1 aromatic heterocycles. The lowest BCUT2D eigenvalue weighted by molar-refractivity contribution is 0.561. The Hall–Kier alpha value is -1.59. The molecule has 0 fully saturated rings. The van der Waals surface area contributed by atoms with Gasteiger partial charge in [0.1, 0.15) is 28.0 Å². The molecule has 0 bridgehead atoms. The Morgan fingerprint density at radius 1 is 1.25 bits per heavy atom. The molecule has 106 valence electrons. The van der Waals surface area contributed by atoms with Crippen molar-refractivity contribution >= 4 is 17.6 Å². The lowest BCUT2D eigenvalue weighted by Gasteiger charge is -2.17. The summed E-state index contributed by atoms with van der Waals surface area (Å²) >= 11 is -1.26. The molecule has 0 saturated heterocycles. The van der Waals surface area contributed by atoms with Crippen LogP contribution in [0.15, 0.2) is 40.8 Å². The molecule has 4 nitrogen and oxygen atoms in total. The van der Waals surface area contributed by atoms with Crippen molar-refractivity contribution < 1.29 is 4.55 Å². The van der Waals surface area contributed by atoms with Gasteiger partial charge in [0.05, 0.1) is 5.69 Å². The second kappa shape index (κ2) is 5.81. The molecule has 0 amide bonds. The van der Waals surface area contributed by atoms with Crippen LogP contribution < -0.4 is 0 Å². The average molecular weight is 289 g/mol. The lowest BCUT2D eigenvalue weighted by Crippen LogP contribution is -2.25. The largest absolute Gasteiger partial charge is 0.591 e. The first-order chi connectivity index (χ1) is 9.38. The van der Waals surface area contributed by atoms with Crippen LogP contribution in [-0.4, -0.2) is 25.3 Å². The van der Waals surface area contributed by atoms with Gasteiger partial charge in [-0.05, 0) is 32.4 Å². The maximum absolute atomic E-state index is 11.9. The summed E-state index contributed by atoms with van der Waals surface area (Å²) < 4.78 is 17.4. The fourth-order valence-corrected chi connectivity index (χ4v) is 2.21. The van der Waals surface area contributed by atoms with Crippen molar-refractivity contribution in [2.24, 2.45) is 11.4 Å². The first kappa shape index (κ1) is 14.8. The molecule has 5 heteroatoms. The monoisotopic (exact) mass is 289 g/mol. The molecule has 0 unspecified atom stereocenters. The molecular formula is C15H19N3OS. The van der Waals surface area contributed by atoms with Crippen molar-refractivity contribution in [3.8, 4) is 11.3 Å². The van der Waals surface area contributed by atoms with Gasteiger partial charge in [-0.1, -0.05) is 34.7 Å². The number of benzene rings is 1. The van der Waals surface area contributed by atoms with Crippen LogP contribution in [0.4, 0.5) is 0 Å².